The molecule has 118 valence electrons. The van der Waals surface area contributed by atoms with Gasteiger partial charge in [-0.25, -0.2) is 15.0 Å². The minimum atomic E-state index is -0.787. The predicted molar refractivity (Wildman–Crippen MR) is 71.3 cm³/mol. The molecule has 4 rings (SSSR count). The lowest BCUT2D eigenvalue weighted by molar-refractivity contribution is -0.256. The number of hydrogen-bond donors (Lipinski definition) is 2. The van der Waals surface area contributed by atoms with E-state index in [1.165, 1.54) is 13.4 Å². The van der Waals surface area contributed by atoms with Crippen molar-refractivity contribution >= 4 is 17.0 Å². The van der Waals surface area contributed by atoms with Crippen molar-refractivity contribution in [3.05, 3.63) is 12.7 Å². The molecule has 0 bridgehead atoms. The molecule has 4 heterocycles. The van der Waals surface area contributed by atoms with Crippen molar-refractivity contribution in [2.75, 3.05) is 19.5 Å². The molecule has 2 saturated heterocycles. The largest absolute Gasteiger partial charge is 0.394 e. The number of anilines is 1. The summed E-state index contributed by atoms with van der Waals surface area (Å²) in [6, 6.07) is 0. The quantitative estimate of drug-likeness (QED) is 0.734. The minimum Gasteiger partial charge on any atom is -0.394 e. The summed E-state index contributed by atoms with van der Waals surface area (Å²) in [5, 5.41) is 9.47. The highest BCUT2D eigenvalue weighted by molar-refractivity contribution is 5.81. The van der Waals surface area contributed by atoms with Gasteiger partial charge in [0.2, 0.25) is 0 Å². The van der Waals surface area contributed by atoms with Crippen LogP contribution in [0.2, 0.25) is 0 Å². The Morgan fingerprint density at radius 2 is 2.09 bits per heavy atom. The first-order valence-electron chi connectivity index (χ1n) is 6.76. The molecule has 0 saturated carbocycles. The van der Waals surface area contributed by atoms with E-state index in [0.717, 1.165) is 0 Å². The van der Waals surface area contributed by atoms with Gasteiger partial charge >= 0.3 is 0 Å². The molecule has 0 spiro atoms. The van der Waals surface area contributed by atoms with Crippen molar-refractivity contribution in [3.8, 4) is 0 Å². The second-order valence-electron chi connectivity index (χ2n) is 5.06. The number of nitrogens with two attached hydrogens (primary N) is 1. The lowest BCUT2D eigenvalue weighted by Gasteiger charge is -2.19. The van der Waals surface area contributed by atoms with Gasteiger partial charge < -0.3 is 29.8 Å². The third kappa shape index (κ3) is 1.89. The van der Waals surface area contributed by atoms with E-state index < -0.39 is 31.0 Å². The fourth-order valence-electron chi connectivity index (χ4n) is 2.84. The number of rotatable bonds is 3. The van der Waals surface area contributed by atoms with Crippen LogP contribution < -0.4 is 5.73 Å². The topological polar surface area (TPSA) is 127 Å². The molecule has 3 N–H and O–H groups in total. The maximum Gasteiger partial charge on any atom is 0.272 e. The summed E-state index contributed by atoms with van der Waals surface area (Å²) < 4.78 is 23.8. The number of nitrogen functional groups attached to an aromatic ring is 1. The van der Waals surface area contributed by atoms with Gasteiger partial charge in [0.15, 0.2) is 17.7 Å². The van der Waals surface area contributed by atoms with Crippen molar-refractivity contribution in [1.29, 1.82) is 0 Å². The Hall–Kier alpha value is -1.85. The van der Waals surface area contributed by atoms with Gasteiger partial charge in [-0.1, -0.05) is 0 Å². The number of methoxy groups -OCH3 is 1. The van der Waals surface area contributed by atoms with E-state index in [-0.39, 0.29) is 12.4 Å². The summed E-state index contributed by atoms with van der Waals surface area (Å²) in [5.41, 5.74) is 6.80. The Bertz CT molecular complexity index is 694. The van der Waals surface area contributed by atoms with Crippen LogP contribution in [0.4, 0.5) is 5.82 Å². The van der Waals surface area contributed by atoms with E-state index >= 15 is 0 Å². The van der Waals surface area contributed by atoms with E-state index in [0.29, 0.717) is 11.2 Å². The van der Waals surface area contributed by atoms with Crippen LogP contribution in [0, 0.1) is 0 Å². The summed E-state index contributed by atoms with van der Waals surface area (Å²) >= 11 is 0. The van der Waals surface area contributed by atoms with Crippen molar-refractivity contribution in [2.24, 2.45) is 0 Å². The van der Waals surface area contributed by atoms with Crippen molar-refractivity contribution in [3.63, 3.8) is 0 Å². The maximum atomic E-state index is 9.47. The molecule has 2 aromatic heterocycles. The smallest absolute Gasteiger partial charge is 0.272 e. The lowest BCUT2D eigenvalue weighted by atomic mass is 10.1. The molecule has 0 amide bonds. The predicted octanol–water partition coefficient (Wildman–Crippen LogP) is -0.988. The molecular formula is C12H15N5O5. The zero-order valence-electron chi connectivity index (χ0n) is 11.7. The van der Waals surface area contributed by atoms with E-state index in [2.05, 4.69) is 15.0 Å². The van der Waals surface area contributed by atoms with Gasteiger partial charge in [0.25, 0.3) is 6.48 Å². The highest BCUT2D eigenvalue weighted by Gasteiger charge is 2.53. The maximum absolute atomic E-state index is 9.47. The van der Waals surface area contributed by atoms with Gasteiger partial charge in [-0.05, 0) is 0 Å². The van der Waals surface area contributed by atoms with Crippen LogP contribution in [0.1, 0.15) is 6.23 Å². The number of ether oxygens (including phenoxy) is 4. The second kappa shape index (κ2) is 5.11. The van der Waals surface area contributed by atoms with E-state index in [9.17, 15) is 5.11 Å². The van der Waals surface area contributed by atoms with E-state index in [4.69, 9.17) is 24.7 Å². The number of aliphatic hydroxyl groups is 1. The fourth-order valence-corrected chi connectivity index (χ4v) is 2.84. The molecule has 10 heteroatoms. The second-order valence-corrected chi connectivity index (χ2v) is 5.06. The molecule has 0 aliphatic carbocycles. The highest BCUT2D eigenvalue weighted by Crippen LogP contribution is 2.40. The van der Waals surface area contributed by atoms with E-state index in [1.807, 2.05) is 0 Å². The van der Waals surface area contributed by atoms with Crippen LogP contribution in [0.15, 0.2) is 12.7 Å². The highest BCUT2D eigenvalue weighted by atomic mass is 16.9. The number of aliphatic hydroxyl groups excluding tert-OH is 1. The zero-order chi connectivity index (χ0) is 15.3. The first kappa shape index (κ1) is 13.8. The first-order valence-corrected chi connectivity index (χ1v) is 6.76. The third-order valence-electron chi connectivity index (χ3n) is 3.86. The van der Waals surface area contributed by atoms with Crippen molar-refractivity contribution in [2.45, 2.75) is 31.0 Å². The van der Waals surface area contributed by atoms with Crippen LogP contribution in [0.5, 0.6) is 0 Å². The molecule has 2 fully saturated rings. The molecule has 22 heavy (non-hydrogen) atoms. The van der Waals surface area contributed by atoms with Crippen LogP contribution >= 0.6 is 0 Å². The summed E-state index contributed by atoms with van der Waals surface area (Å²) in [5.74, 6) is 0.287. The van der Waals surface area contributed by atoms with Crippen LogP contribution in [0.25, 0.3) is 11.2 Å². The standard InChI is InChI=1S/C12H15N5O5/c1-19-12-21-7-5(2-18)20-11(8(7)22-12)17-4-16-6-9(13)14-3-15-10(6)17/h3-5,7-8,11-12,18H,2H2,1H3,(H2,13,14,15)/t5-,7-,8-,11-,12+/m1/s1. The van der Waals surface area contributed by atoms with Gasteiger partial charge in [-0.15, -0.1) is 0 Å². The Balaban J connectivity index is 1.73. The monoisotopic (exact) mass is 309 g/mol. The van der Waals surface area contributed by atoms with Gasteiger partial charge in [-0.3, -0.25) is 4.57 Å². The normalized spacial score (nSPS) is 34.4. The number of aromatic nitrogens is 4. The van der Waals surface area contributed by atoms with Crippen LogP contribution in [0.3, 0.4) is 0 Å². The Labute approximate surface area is 124 Å². The van der Waals surface area contributed by atoms with Gasteiger partial charge in [-0.2, -0.15) is 0 Å². The molecule has 5 atom stereocenters. The number of hydrogen-bond acceptors (Lipinski definition) is 9. The molecule has 10 nitrogen and oxygen atoms in total. The SMILES string of the molecule is CO[C@@H]1O[C@@H]2[C@H](O1)[C@@H](CO)O[C@H]2n1cnc2c(N)ncnc21. The Kier molecular flexibility index (Phi) is 3.20. The van der Waals surface area contributed by atoms with Crippen molar-refractivity contribution < 1.29 is 24.1 Å². The summed E-state index contributed by atoms with van der Waals surface area (Å²) in [4.78, 5) is 12.3. The third-order valence-corrected chi connectivity index (χ3v) is 3.86. The molecule has 2 aromatic rings. The van der Waals surface area contributed by atoms with Gasteiger partial charge in [0.05, 0.1) is 12.9 Å². The summed E-state index contributed by atoms with van der Waals surface area (Å²) in [6.45, 7) is -0.980. The summed E-state index contributed by atoms with van der Waals surface area (Å²) in [6.07, 6.45) is 0.955. The minimum absolute atomic E-state index is 0.193. The Morgan fingerprint density at radius 1 is 1.27 bits per heavy atom. The van der Waals surface area contributed by atoms with Crippen molar-refractivity contribution in [1.82, 2.24) is 19.5 Å². The molecule has 2 aliphatic rings. The van der Waals surface area contributed by atoms with E-state index in [1.54, 1.807) is 10.9 Å². The number of imidazole rings is 1. The average Bonchev–Trinajstić information content (AvgIpc) is 3.19. The van der Waals surface area contributed by atoms with Crippen LogP contribution in [-0.4, -0.2) is 63.1 Å². The molecular weight excluding hydrogens is 294 g/mol. The number of nitrogens with zero attached hydrogens (tertiary/aromatic N) is 4. The molecule has 0 radical (unpaired) electrons. The number of fused-ring (bicyclic) bond motifs is 2. The first-order chi connectivity index (χ1) is 10.7. The summed E-state index contributed by atoms with van der Waals surface area (Å²) in [7, 11) is 1.48. The average molecular weight is 309 g/mol. The Morgan fingerprint density at radius 3 is 2.86 bits per heavy atom. The molecule has 0 aromatic carbocycles. The van der Waals surface area contributed by atoms with Gasteiger partial charge in [0.1, 0.15) is 30.2 Å². The lowest BCUT2D eigenvalue weighted by Crippen LogP contribution is -2.31. The zero-order valence-corrected chi connectivity index (χ0v) is 11.7. The molecule has 0 unspecified atom stereocenters. The van der Waals surface area contributed by atoms with Crippen LogP contribution in [-0.2, 0) is 18.9 Å². The van der Waals surface area contributed by atoms with Gasteiger partial charge in [0, 0.05) is 7.11 Å². The molecule has 2 aliphatic heterocycles. The fraction of sp³-hybridized carbons (Fsp3) is 0.583.